The van der Waals surface area contributed by atoms with Crippen LogP contribution in [0.15, 0.2) is 24.3 Å². The molecule has 1 aromatic heterocycles. The van der Waals surface area contributed by atoms with Gasteiger partial charge in [-0.2, -0.15) is 0 Å². The normalized spacial score (nSPS) is 10.9. The molecule has 2 aromatic rings. The molecule has 106 valence electrons. The van der Waals surface area contributed by atoms with E-state index in [9.17, 15) is 0 Å². The fourth-order valence-electron chi connectivity index (χ4n) is 2.52. The molecule has 0 unspecified atom stereocenters. The minimum absolute atomic E-state index is 0.715. The first-order valence-electron chi connectivity index (χ1n) is 6.90. The lowest BCUT2D eigenvalue weighted by Crippen LogP contribution is -2.20. The standard InChI is InChI=1S/C17H22N2O/c1-5-10-18(2)11-6-7-15-12-14-13-16(20-4)8-9-17(14)19(15)3/h1,8-9,12-13H,6-7,10-11H2,2-4H3. The van der Waals surface area contributed by atoms with Crippen LogP contribution >= 0.6 is 0 Å². The zero-order valence-electron chi connectivity index (χ0n) is 12.5. The highest BCUT2D eigenvalue weighted by Gasteiger charge is 2.07. The van der Waals surface area contributed by atoms with Crippen LogP contribution in [0.2, 0.25) is 0 Å². The molecule has 0 N–H and O–H groups in total. The molecule has 3 heteroatoms. The van der Waals surface area contributed by atoms with Gasteiger partial charge in [0, 0.05) is 23.6 Å². The Morgan fingerprint density at radius 1 is 1.35 bits per heavy atom. The Bertz CT molecular complexity index is 622. The van der Waals surface area contributed by atoms with Crippen LogP contribution < -0.4 is 4.74 Å². The number of methoxy groups -OCH3 is 1. The third-order valence-electron chi connectivity index (χ3n) is 3.68. The molecule has 0 amide bonds. The Balaban J connectivity index is 2.07. The number of benzene rings is 1. The van der Waals surface area contributed by atoms with Crippen molar-refractivity contribution in [1.29, 1.82) is 0 Å². The van der Waals surface area contributed by atoms with Gasteiger partial charge in [0.25, 0.3) is 0 Å². The van der Waals surface area contributed by atoms with Crippen LogP contribution in [0.4, 0.5) is 0 Å². The Morgan fingerprint density at radius 2 is 2.15 bits per heavy atom. The average Bonchev–Trinajstić information content (AvgIpc) is 2.75. The van der Waals surface area contributed by atoms with Crippen molar-refractivity contribution in [1.82, 2.24) is 9.47 Å². The number of fused-ring (bicyclic) bond motifs is 1. The van der Waals surface area contributed by atoms with Gasteiger partial charge in [0.05, 0.1) is 13.7 Å². The third kappa shape index (κ3) is 3.15. The highest BCUT2D eigenvalue weighted by molar-refractivity contribution is 5.82. The highest BCUT2D eigenvalue weighted by atomic mass is 16.5. The van der Waals surface area contributed by atoms with E-state index in [4.69, 9.17) is 11.2 Å². The van der Waals surface area contributed by atoms with Gasteiger partial charge in [0.2, 0.25) is 0 Å². The van der Waals surface area contributed by atoms with Crippen LogP contribution in [0.1, 0.15) is 12.1 Å². The van der Waals surface area contributed by atoms with E-state index in [0.717, 1.165) is 25.1 Å². The van der Waals surface area contributed by atoms with Crippen molar-refractivity contribution in [2.45, 2.75) is 12.8 Å². The Labute approximate surface area is 121 Å². The number of nitrogens with zero attached hydrogens (tertiary/aromatic N) is 2. The fraction of sp³-hybridized carbons (Fsp3) is 0.412. The Kier molecular flexibility index (Phi) is 4.70. The Morgan fingerprint density at radius 3 is 2.85 bits per heavy atom. The molecule has 1 heterocycles. The summed E-state index contributed by atoms with van der Waals surface area (Å²) in [5.41, 5.74) is 2.60. The van der Waals surface area contributed by atoms with Crippen LogP contribution in [0.3, 0.4) is 0 Å². The molecular weight excluding hydrogens is 248 g/mol. The summed E-state index contributed by atoms with van der Waals surface area (Å²) in [5.74, 6) is 3.57. The first kappa shape index (κ1) is 14.5. The quantitative estimate of drug-likeness (QED) is 0.751. The van der Waals surface area contributed by atoms with Crippen LogP contribution in [0, 0.1) is 12.3 Å². The number of rotatable bonds is 6. The van der Waals surface area contributed by atoms with Crippen LogP contribution in [0.25, 0.3) is 10.9 Å². The molecule has 0 atom stereocenters. The van der Waals surface area contributed by atoms with Crippen LogP contribution in [0.5, 0.6) is 5.75 Å². The minimum Gasteiger partial charge on any atom is -0.497 e. The largest absolute Gasteiger partial charge is 0.497 e. The number of aromatic nitrogens is 1. The monoisotopic (exact) mass is 270 g/mol. The molecule has 0 aliphatic rings. The minimum atomic E-state index is 0.715. The van der Waals surface area contributed by atoms with Crippen molar-refractivity contribution in [3.8, 4) is 18.1 Å². The number of aryl methyl sites for hydroxylation is 2. The van der Waals surface area contributed by atoms with E-state index in [0.29, 0.717) is 6.54 Å². The summed E-state index contributed by atoms with van der Waals surface area (Å²) in [4.78, 5) is 2.17. The summed E-state index contributed by atoms with van der Waals surface area (Å²) in [5, 5.41) is 1.24. The van der Waals surface area contributed by atoms with E-state index in [2.05, 4.69) is 47.7 Å². The highest BCUT2D eigenvalue weighted by Crippen LogP contribution is 2.24. The van der Waals surface area contributed by atoms with Gasteiger partial charge in [-0.05, 0) is 50.7 Å². The zero-order valence-corrected chi connectivity index (χ0v) is 12.5. The van der Waals surface area contributed by atoms with E-state index in [-0.39, 0.29) is 0 Å². The van der Waals surface area contributed by atoms with Crippen molar-refractivity contribution in [3.05, 3.63) is 30.0 Å². The molecule has 0 fully saturated rings. The summed E-state index contributed by atoms with van der Waals surface area (Å²) < 4.78 is 7.54. The van der Waals surface area contributed by atoms with Crippen LogP contribution in [-0.2, 0) is 13.5 Å². The third-order valence-corrected chi connectivity index (χ3v) is 3.68. The van der Waals surface area contributed by atoms with Crippen LogP contribution in [-0.4, -0.2) is 36.7 Å². The molecule has 1 aromatic carbocycles. The van der Waals surface area contributed by atoms with Gasteiger partial charge >= 0.3 is 0 Å². The van der Waals surface area contributed by atoms with E-state index in [1.54, 1.807) is 7.11 Å². The molecule has 20 heavy (non-hydrogen) atoms. The van der Waals surface area contributed by atoms with Crippen molar-refractivity contribution >= 4 is 10.9 Å². The fourth-order valence-corrected chi connectivity index (χ4v) is 2.52. The maximum absolute atomic E-state index is 5.31. The summed E-state index contributed by atoms with van der Waals surface area (Å²) in [7, 11) is 5.88. The van der Waals surface area contributed by atoms with E-state index in [1.165, 1.54) is 16.6 Å². The van der Waals surface area contributed by atoms with Crippen molar-refractivity contribution in [3.63, 3.8) is 0 Å². The predicted octanol–water partition coefficient (Wildman–Crippen LogP) is 2.68. The molecule has 0 aliphatic heterocycles. The summed E-state index contributed by atoms with van der Waals surface area (Å²) >= 11 is 0. The van der Waals surface area contributed by atoms with Crippen molar-refractivity contribution < 1.29 is 4.74 Å². The molecule has 3 nitrogen and oxygen atoms in total. The molecular formula is C17H22N2O. The van der Waals surface area contributed by atoms with Gasteiger partial charge in [0.15, 0.2) is 0 Å². The molecule has 0 aliphatic carbocycles. The first-order chi connectivity index (χ1) is 9.65. The number of terminal acetylenes is 1. The second-order valence-electron chi connectivity index (χ2n) is 5.16. The lowest BCUT2D eigenvalue weighted by atomic mass is 10.2. The summed E-state index contributed by atoms with van der Waals surface area (Å²) in [6.07, 6.45) is 7.48. The van der Waals surface area contributed by atoms with E-state index in [1.807, 2.05) is 6.07 Å². The van der Waals surface area contributed by atoms with E-state index >= 15 is 0 Å². The second kappa shape index (κ2) is 6.49. The van der Waals surface area contributed by atoms with Gasteiger partial charge in [-0.15, -0.1) is 6.42 Å². The first-order valence-corrected chi connectivity index (χ1v) is 6.90. The van der Waals surface area contributed by atoms with Crippen molar-refractivity contribution in [2.75, 3.05) is 27.2 Å². The number of hydrogen-bond acceptors (Lipinski definition) is 2. The molecule has 0 radical (unpaired) electrons. The topological polar surface area (TPSA) is 17.4 Å². The van der Waals surface area contributed by atoms with Gasteiger partial charge in [0.1, 0.15) is 5.75 Å². The van der Waals surface area contributed by atoms with E-state index < -0.39 is 0 Å². The SMILES string of the molecule is C#CCN(C)CCCc1cc2cc(OC)ccc2n1C. The Hall–Kier alpha value is -1.92. The molecule has 0 saturated heterocycles. The lowest BCUT2D eigenvalue weighted by Gasteiger charge is -2.12. The smallest absolute Gasteiger partial charge is 0.119 e. The van der Waals surface area contributed by atoms with Gasteiger partial charge in [-0.3, -0.25) is 4.90 Å². The second-order valence-corrected chi connectivity index (χ2v) is 5.16. The molecule has 2 rings (SSSR count). The molecule has 0 bridgehead atoms. The lowest BCUT2D eigenvalue weighted by molar-refractivity contribution is 0.368. The zero-order chi connectivity index (χ0) is 14.5. The van der Waals surface area contributed by atoms with Gasteiger partial charge in [-0.1, -0.05) is 5.92 Å². The maximum atomic E-state index is 5.31. The van der Waals surface area contributed by atoms with Gasteiger partial charge < -0.3 is 9.30 Å². The van der Waals surface area contributed by atoms with Gasteiger partial charge in [-0.25, -0.2) is 0 Å². The summed E-state index contributed by atoms with van der Waals surface area (Å²) in [6, 6.07) is 8.46. The van der Waals surface area contributed by atoms with Crippen molar-refractivity contribution in [2.24, 2.45) is 7.05 Å². The maximum Gasteiger partial charge on any atom is 0.119 e. The number of ether oxygens (including phenoxy) is 1. The summed E-state index contributed by atoms with van der Waals surface area (Å²) in [6.45, 7) is 1.74. The molecule has 0 saturated carbocycles. The average molecular weight is 270 g/mol. The number of hydrogen-bond donors (Lipinski definition) is 0. The predicted molar refractivity (Wildman–Crippen MR) is 84.1 cm³/mol. The molecule has 0 spiro atoms.